The topological polar surface area (TPSA) is 84.0 Å². The number of hydrogen-bond acceptors (Lipinski definition) is 5. The zero-order chi connectivity index (χ0) is 21.0. The van der Waals surface area contributed by atoms with Crippen molar-refractivity contribution in [2.45, 2.75) is 52.5 Å². The van der Waals surface area contributed by atoms with Crippen molar-refractivity contribution in [3.63, 3.8) is 0 Å². The lowest BCUT2D eigenvalue weighted by Crippen LogP contribution is -2.34. The molecule has 0 atom stereocenters. The zero-order valence-electron chi connectivity index (χ0n) is 16.9. The van der Waals surface area contributed by atoms with Crippen molar-refractivity contribution in [3.05, 3.63) is 41.0 Å². The SMILES string of the molecule is CCOc1ccc(C(C)=O)cc1CN1C(=O)C(=O)N(CCC2=CCCCC2)C1=O. The summed E-state index contributed by atoms with van der Waals surface area (Å²) in [5.41, 5.74) is 2.20. The van der Waals surface area contributed by atoms with Crippen LogP contribution in [-0.4, -0.2) is 46.6 Å². The highest BCUT2D eigenvalue weighted by molar-refractivity contribution is 6.44. The van der Waals surface area contributed by atoms with Crippen molar-refractivity contribution in [1.29, 1.82) is 0 Å². The Kier molecular flexibility index (Phi) is 6.46. The molecule has 0 saturated carbocycles. The van der Waals surface area contributed by atoms with Crippen LogP contribution in [0.2, 0.25) is 0 Å². The number of amides is 4. The van der Waals surface area contributed by atoms with E-state index in [4.69, 9.17) is 4.74 Å². The first-order valence-electron chi connectivity index (χ1n) is 10.0. The number of imide groups is 2. The molecule has 1 aliphatic heterocycles. The summed E-state index contributed by atoms with van der Waals surface area (Å²) in [6, 6.07) is 4.27. The highest BCUT2D eigenvalue weighted by Gasteiger charge is 2.44. The molecule has 1 saturated heterocycles. The molecule has 1 fully saturated rings. The van der Waals surface area contributed by atoms with Crippen LogP contribution in [0.5, 0.6) is 5.75 Å². The highest BCUT2D eigenvalue weighted by Crippen LogP contribution is 2.26. The Labute approximate surface area is 170 Å². The van der Waals surface area contributed by atoms with Gasteiger partial charge >= 0.3 is 17.8 Å². The summed E-state index contributed by atoms with van der Waals surface area (Å²) < 4.78 is 5.57. The lowest BCUT2D eigenvalue weighted by atomic mass is 9.97. The minimum absolute atomic E-state index is 0.112. The van der Waals surface area contributed by atoms with Crippen LogP contribution in [0.4, 0.5) is 4.79 Å². The third kappa shape index (κ3) is 4.55. The van der Waals surface area contributed by atoms with Gasteiger partial charge in [-0.1, -0.05) is 11.6 Å². The largest absolute Gasteiger partial charge is 0.494 e. The Hall–Kier alpha value is -2.96. The maximum atomic E-state index is 12.8. The Morgan fingerprint density at radius 3 is 2.52 bits per heavy atom. The Morgan fingerprint density at radius 2 is 1.86 bits per heavy atom. The molecule has 0 radical (unpaired) electrons. The monoisotopic (exact) mass is 398 g/mol. The van der Waals surface area contributed by atoms with E-state index in [9.17, 15) is 19.2 Å². The van der Waals surface area contributed by atoms with Gasteiger partial charge < -0.3 is 4.74 Å². The molecule has 7 heteroatoms. The van der Waals surface area contributed by atoms with Crippen molar-refractivity contribution in [2.24, 2.45) is 0 Å². The summed E-state index contributed by atoms with van der Waals surface area (Å²) in [6.07, 6.45) is 7.04. The van der Waals surface area contributed by atoms with Crippen LogP contribution in [0, 0.1) is 0 Å². The molecule has 3 rings (SSSR count). The smallest absolute Gasteiger partial charge is 0.334 e. The maximum absolute atomic E-state index is 12.8. The number of nitrogens with zero attached hydrogens (tertiary/aromatic N) is 2. The summed E-state index contributed by atoms with van der Waals surface area (Å²) >= 11 is 0. The van der Waals surface area contributed by atoms with Gasteiger partial charge in [0, 0.05) is 17.7 Å². The van der Waals surface area contributed by atoms with Crippen molar-refractivity contribution >= 4 is 23.6 Å². The number of urea groups is 1. The number of hydrogen-bond donors (Lipinski definition) is 0. The third-order valence-electron chi connectivity index (χ3n) is 5.27. The number of carbonyl (C=O) groups is 4. The predicted molar refractivity (Wildman–Crippen MR) is 106 cm³/mol. The van der Waals surface area contributed by atoms with Crippen molar-refractivity contribution in [1.82, 2.24) is 9.80 Å². The van der Waals surface area contributed by atoms with Gasteiger partial charge in [-0.3, -0.25) is 24.2 Å². The quantitative estimate of drug-likeness (QED) is 0.290. The molecule has 0 bridgehead atoms. The van der Waals surface area contributed by atoms with Gasteiger partial charge in [-0.25, -0.2) is 4.79 Å². The zero-order valence-corrected chi connectivity index (χ0v) is 16.9. The molecule has 154 valence electrons. The van der Waals surface area contributed by atoms with E-state index in [0.717, 1.165) is 29.1 Å². The van der Waals surface area contributed by atoms with E-state index in [1.54, 1.807) is 18.2 Å². The second-order valence-corrected chi connectivity index (χ2v) is 7.30. The van der Waals surface area contributed by atoms with Crippen LogP contribution in [0.15, 0.2) is 29.8 Å². The molecular formula is C22H26N2O5. The van der Waals surface area contributed by atoms with Crippen LogP contribution in [0.25, 0.3) is 0 Å². The summed E-state index contributed by atoms with van der Waals surface area (Å²) in [6.45, 7) is 3.75. The highest BCUT2D eigenvalue weighted by atomic mass is 16.5. The Morgan fingerprint density at radius 1 is 1.10 bits per heavy atom. The van der Waals surface area contributed by atoms with E-state index < -0.39 is 17.8 Å². The average molecular weight is 398 g/mol. The minimum Gasteiger partial charge on any atom is -0.494 e. The molecule has 0 unspecified atom stereocenters. The molecular weight excluding hydrogens is 372 g/mol. The molecule has 2 aliphatic rings. The molecule has 0 N–H and O–H groups in total. The molecule has 1 heterocycles. The maximum Gasteiger partial charge on any atom is 0.334 e. The molecule has 1 aromatic rings. The molecule has 29 heavy (non-hydrogen) atoms. The van der Waals surface area contributed by atoms with Crippen LogP contribution >= 0.6 is 0 Å². The number of ketones is 1. The van der Waals surface area contributed by atoms with Gasteiger partial charge in [-0.2, -0.15) is 0 Å². The van der Waals surface area contributed by atoms with Gasteiger partial charge in [0.05, 0.1) is 13.2 Å². The molecule has 4 amide bonds. The van der Waals surface area contributed by atoms with Crippen molar-refractivity contribution in [3.8, 4) is 5.75 Å². The van der Waals surface area contributed by atoms with Gasteiger partial charge in [0.15, 0.2) is 5.78 Å². The lowest BCUT2D eigenvalue weighted by Gasteiger charge is -2.19. The van der Waals surface area contributed by atoms with E-state index in [0.29, 0.717) is 29.9 Å². The lowest BCUT2D eigenvalue weighted by molar-refractivity contribution is -0.143. The molecule has 7 nitrogen and oxygen atoms in total. The summed E-state index contributed by atoms with van der Waals surface area (Å²) in [7, 11) is 0. The fourth-order valence-corrected chi connectivity index (χ4v) is 3.66. The predicted octanol–water partition coefficient (Wildman–Crippen LogP) is 3.47. The second-order valence-electron chi connectivity index (χ2n) is 7.30. The summed E-state index contributed by atoms with van der Waals surface area (Å²) in [5, 5.41) is 0. The standard InChI is InChI=1S/C22H26N2O5/c1-3-29-19-10-9-17(15(2)25)13-18(19)14-24-21(27)20(26)23(22(24)28)12-11-16-7-5-4-6-8-16/h7,9-10,13H,3-6,8,11-12,14H2,1-2H3. The Balaban J connectivity index is 1.77. The normalized spacial score (nSPS) is 17.0. The molecule has 0 aromatic heterocycles. The van der Waals surface area contributed by atoms with Gasteiger partial charge in [-0.05, 0) is 64.2 Å². The molecule has 1 aromatic carbocycles. The summed E-state index contributed by atoms with van der Waals surface area (Å²) in [4.78, 5) is 51.3. The van der Waals surface area contributed by atoms with Gasteiger partial charge in [0.2, 0.25) is 0 Å². The van der Waals surface area contributed by atoms with Gasteiger partial charge in [-0.15, -0.1) is 0 Å². The number of benzene rings is 1. The fourth-order valence-electron chi connectivity index (χ4n) is 3.66. The minimum atomic E-state index is -0.844. The van der Waals surface area contributed by atoms with Crippen LogP contribution in [0.3, 0.4) is 0 Å². The molecule has 0 spiro atoms. The number of ether oxygens (including phenoxy) is 1. The van der Waals surface area contributed by atoms with E-state index in [1.807, 2.05) is 6.92 Å². The van der Waals surface area contributed by atoms with E-state index in [1.165, 1.54) is 18.9 Å². The van der Waals surface area contributed by atoms with Crippen molar-refractivity contribution in [2.75, 3.05) is 13.2 Å². The Bertz CT molecular complexity index is 874. The number of allylic oxidation sites excluding steroid dienone is 1. The van der Waals surface area contributed by atoms with Crippen molar-refractivity contribution < 1.29 is 23.9 Å². The van der Waals surface area contributed by atoms with Crippen LogP contribution < -0.4 is 4.74 Å². The third-order valence-corrected chi connectivity index (χ3v) is 5.27. The fraction of sp³-hybridized carbons (Fsp3) is 0.455. The van der Waals surface area contributed by atoms with E-state index >= 15 is 0 Å². The second kappa shape index (κ2) is 9.03. The first kappa shape index (κ1) is 20.8. The van der Waals surface area contributed by atoms with Crippen LogP contribution in [-0.2, 0) is 16.1 Å². The number of carbonyl (C=O) groups excluding carboxylic acids is 4. The average Bonchev–Trinajstić information content (AvgIpc) is 2.91. The summed E-state index contributed by atoms with van der Waals surface area (Å²) in [5.74, 6) is -1.29. The first-order chi connectivity index (χ1) is 13.9. The number of Topliss-reactive ketones (excluding diaryl/α,β-unsaturated/α-hetero) is 1. The first-order valence-corrected chi connectivity index (χ1v) is 10.0. The molecule has 1 aliphatic carbocycles. The van der Waals surface area contributed by atoms with Gasteiger partial charge in [0.1, 0.15) is 5.75 Å². The number of rotatable bonds is 8. The van der Waals surface area contributed by atoms with E-state index in [-0.39, 0.29) is 18.9 Å². The van der Waals surface area contributed by atoms with E-state index in [2.05, 4.69) is 6.08 Å². The van der Waals surface area contributed by atoms with Gasteiger partial charge in [0.25, 0.3) is 0 Å². The van der Waals surface area contributed by atoms with Crippen LogP contribution in [0.1, 0.15) is 61.9 Å².